The van der Waals surface area contributed by atoms with E-state index in [0.29, 0.717) is 18.0 Å². The highest BCUT2D eigenvalue weighted by molar-refractivity contribution is 8.00. The summed E-state index contributed by atoms with van der Waals surface area (Å²) in [5, 5.41) is 21.8. The maximum Gasteiger partial charge on any atom is 0.234 e. The van der Waals surface area contributed by atoms with Gasteiger partial charge in [-0.2, -0.15) is 5.26 Å². The van der Waals surface area contributed by atoms with E-state index in [1.807, 2.05) is 72.2 Å². The Morgan fingerprint density at radius 3 is 2.35 bits per heavy atom. The Balaban J connectivity index is 1.60. The number of nitrogens with one attached hydrogen (secondary N) is 1. The lowest BCUT2D eigenvalue weighted by Crippen LogP contribution is -2.50. The smallest absolute Gasteiger partial charge is 0.234 e. The van der Waals surface area contributed by atoms with Crippen molar-refractivity contribution in [3.63, 3.8) is 0 Å². The van der Waals surface area contributed by atoms with Gasteiger partial charge in [-0.25, -0.2) is 0 Å². The molecule has 0 bridgehead atoms. The first-order chi connectivity index (χ1) is 15.1. The van der Waals surface area contributed by atoms with Crippen molar-refractivity contribution >= 4 is 17.7 Å². The van der Waals surface area contributed by atoms with Gasteiger partial charge in [0.2, 0.25) is 5.91 Å². The minimum absolute atomic E-state index is 0.141. The average molecular weight is 432 g/mol. The lowest BCUT2D eigenvalue weighted by atomic mass is 9.83. The average Bonchev–Trinajstić information content (AvgIpc) is 3.24. The first kappa shape index (κ1) is 21.1. The number of thioether (sulfide) groups is 1. The van der Waals surface area contributed by atoms with Crippen LogP contribution in [-0.4, -0.2) is 31.5 Å². The van der Waals surface area contributed by atoms with Gasteiger partial charge in [-0.15, -0.1) is 10.2 Å². The van der Waals surface area contributed by atoms with E-state index in [2.05, 4.69) is 21.6 Å². The largest absolute Gasteiger partial charge is 0.337 e. The van der Waals surface area contributed by atoms with E-state index < -0.39 is 10.8 Å². The number of carbonyl (C=O) groups excluding carboxylic acids is 1. The first-order valence-corrected chi connectivity index (χ1v) is 11.5. The Morgan fingerprint density at radius 2 is 1.71 bits per heavy atom. The fourth-order valence-corrected chi connectivity index (χ4v) is 4.77. The molecule has 158 valence electrons. The van der Waals surface area contributed by atoms with Crippen molar-refractivity contribution in [2.45, 2.75) is 55.0 Å². The van der Waals surface area contributed by atoms with E-state index in [0.717, 1.165) is 36.3 Å². The Kier molecular flexibility index (Phi) is 6.38. The summed E-state index contributed by atoms with van der Waals surface area (Å²) in [5.41, 5.74) is 1.14. The predicted octanol–water partition coefficient (Wildman–Crippen LogP) is 4.76. The van der Waals surface area contributed by atoms with Crippen LogP contribution in [-0.2, 0) is 4.79 Å². The van der Waals surface area contributed by atoms with Gasteiger partial charge in [0.1, 0.15) is 5.54 Å². The molecule has 6 nitrogen and oxygen atoms in total. The molecule has 1 fully saturated rings. The lowest BCUT2D eigenvalue weighted by Gasteiger charge is -2.32. The molecular weight excluding hydrogens is 406 g/mol. The number of rotatable bonds is 6. The van der Waals surface area contributed by atoms with Crippen LogP contribution >= 0.6 is 11.8 Å². The molecule has 2 aromatic carbocycles. The third-order valence-corrected chi connectivity index (χ3v) is 6.66. The van der Waals surface area contributed by atoms with Crippen LogP contribution in [0.4, 0.5) is 0 Å². The molecule has 7 heteroatoms. The van der Waals surface area contributed by atoms with E-state index in [-0.39, 0.29) is 5.91 Å². The zero-order valence-electron chi connectivity index (χ0n) is 17.5. The molecule has 0 aliphatic heterocycles. The van der Waals surface area contributed by atoms with Crippen molar-refractivity contribution in [3.8, 4) is 23.1 Å². The van der Waals surface area contributed by atoms with Crippen molar-refractivity contribution in [2.24, 2.45) is 0 Å². The highest BCUT2D eigenvalue weighted by Crippen LogP contribution is 2.32. The Hall–Kier alpha value is -3.11. The molecule has 1 saturated carbocycles. The number of benzene rings is 2. The minimum Gasteiger partial charge on any atom is -0.337 e. The molecular formula is C24H25N5OS. The number of nitrogens with zero attached hydrogens (tertiary/aromatic N) is 4. The van der Waals surface area contributed by atoms with E-state index in [4.69, 9.17) is 0 Å². The van der Waals surface area contributed by atoms with Gasteiger partial charge in [0, 0.05) is 11.3 Å². The summed E-state index contributed by atoms with van der Waals surface area (Å²) < 4.78 is 1.98. The standard InChI is InChI=1S/C24H25N5OS/c1-18(22(30)26-24(17-25)15-9-4-10-16-24)31-23-28-27-21(19-11-5-2-6-12-19)29(23)20-13-7-3-8-14-20/h2-3,5-8,11-14,18H,4,9-10,15-16H2,1H3,(H,26,30). The van der Waals surface area contributed by atoms with E-state index in [1.165, 1.54) is 11.8 Å². The van der Waals surface area contributed by atoms with Crippen LogP contribution in [0.3, 0.4) is 0 Å². The van der Waals surface area contributed by atoms with Gasteiger partial charge in [0.15, 0.2) is 11.0 Å². The second-order valence-corrected chi connectivity index (χ2v) is 9.16. The molecule has 1 aliphatic carbocycles. The van der Waals surface area contributed by atoms with Crippen molar-refractivity contribution < 1.29 is 4.79 Å². The monoisotopic (exact) mass is 431 g/mol. The molecule has 1 heterocycles. The van der Waals surface area contributed by atoms with Crippen molar-refractivity contribution in [1.29, 1.82) is 5.26 Å². The van der Waals surface area contributed by atoms with E-state index >= 15 is 0 Å². The van der Waals surface area contributed by atoms with Gasteiger partial charge < -0.3 is 5.32 Å². The molecule has 0 saturated heterocycles. The van der Waals surface area contributed by atoms with E-state index in [1.54, 1.807) is 0 Å². The highest BCUT2D eigenvalue weighted by Gasteiger charge is 2.35. The van der Waals surface area contributed by atoms with Crippen LogP contribution in [0, 0.1) is 11.3 Å². The van der Waals surface area contributed by atoms with Gasteiger partial charge in [-0.1, -0.05) is 79.6 Å². The summed E-state index contributed by atoms with van der Waals surface area (Å²) in [6.07, 6.45) is 4.48. The third kappa shape index (κ3) is 4.64. The molecule has 1 N–H and O–H groups in total. The quantitative estimate of drug-likeness (QED) is 0.569. The maximum atomic E-state index is 13.0. The molecule has 1 unspecified atom stereocenters. The number of hydrogen-bond acceptors (Lipinski definition) is 5. The zero-order valence-corrected chi connectivity index (χ0v) is 18.3. The summed E-state index contributed by atoms with van der Waals surface area (Å²) in [6, 6.07) is 22.1. The number of hydrogen-bond donors (Lipinski definition) is 1. The third-order valence-electron chi connectivity index (χ3n) is 5.61. The second-order valence-electron chi connectivity index (χ2n) is 7.85. The summed E-state index contributed by atoms with van der Waals surface area (Å²) in [7, 11) is 0. The summed E-state index contributed by atoms with van der Waals surface area (Å²) in [5.74, 6) is 0.583. The number of amides is 1. The van der Waals surface area contributed by atoms with Gasteiger partial charge in [-0.05, 0) is 31.9 Å². The molecule has 0 spiro atoms. The maximum absolute atomic E-state index is 13.0. The normalized spacial score (nSPS) is 16.3. The molecule has 1 aromatic heterocycles. The van der Waals surface area contributed by atoms with Gasteiger partial charge in [-0.3, -0.25) is 9.36 Å². The molecule has 1 aliphatic rings. The zero-order chi connectivity index (χ0) is 21.7. The second kappa shape index (κ2) is 9.36. The fraction of sp³-hybridized carbons (Fsp3) is 0.333. The summed E-state index contributed by atoms with van der Waals surface area (Å²) in [6.45, 7) is 1.85. The van der Waals surface area contributed by atoms with E-state index in [9.17, 15) is 10.1 Å². The topological polar surface area (TPSA) is 83.6 Å². The van der Waals surface area contributed by atoms with Gasteiger partial charge in [0.05, 0.1) is 11.3 Å². The Morgan fingerprint density at radius 1 is 1.06 bits per heavy atom. The molecule has 4 rings (SSSR count). The number of carbonyl (C=O) groups is 1. The Labute approximate surface area is 186 Å². The van der Waals surface area contributed by atoms with Crippen LogP contribution in [0.2, 0.25) is 0 Å². The number of nitriles is 1. The SMILES string of the molecule is CC(Sc1nnc(-c2ccccc2)n1-c1ccccc1)C(=O)NC1(C#N)CCCCC1. The van der Waals surface area contributed by atoms with Crippen LogP contribution in [0.25, 0.3) is 17.1 Å². The fourth-order valence-electron chi connectivity index (χ4n) is 3.90. The van der Waals surface area contributed by atoms with Gasteiger partial charge in [0.25, 0.3) is 0 Å². The molecule has 1 amide bonds. The molecule has 3 aromatic rings. The van der Waals surface area contributed by atoms with Crippen molar-refractivity contribution in [2.75, 3.05) is 0 Å². The molecule has 0 radical (unpaired) electrons. The lowest BCUT2D eigenvalue weighted by molar-refractivity contribution is -0.121. The minimum atomic E-state index is -0.744. The van der Waals surface area contributed by atoms with Gasteiger partial charge >= 0.3 is 0 Å². The van der Waals surface area contributed by atoms with Crippen LogP contribution in [0.15, 0.2) is 65.8 Å². The van der Waals surface area contributed by atoms with Crippen LogP contribution in [0.1, 0.15) is 39.0 Å². The number of para-hydroxylation sites is 1. The number of aromatic nitrogens is 3. The first-order valence-electron chi connectivity index (χ1n) is 10.6. The van der Waals surface area contributed by atoms with Crippen LogP contribution < -0.4 is 5.32 Å². The molecule has 31 heavy (non-hydrogen) atoms. The summed E-state index contributed by atoms with van der Waals surface area (Å²) >= 11 is 1.35. The van der Waals surface area contributed by atoms with Crippen molar-refractivity contribution in [3.05, 3.63) is 60.7 Å². The highest BCUT2D eigenvalue weighted by atomic mass is 32.2. The van der Waals surface area contributed by atoms with Crippen molar-refractivity contribution in [1.82, 2.24) is 20.1 Å². The summed E-state index contributed by atoms with van der Waals surface area (Å²) in [4.78, 5) is 13.0. The van der Waals surface area contributed by atoms with Crippen LogP contribution in [0.5, 0.6) is 0 Å². The predicted molar refractivity (Wildman–Crippen MR) is 122 cm³/mol. The Bertz CT molecular complexity index is 1070. The molecule has 1 atom stereocenters.